The fraction of sp³-hybridized carbons (Fsp3) is 0.517. The van der Waals surface area contributed by atoms with Gasteiger partial charge in [-0.25, -0.2) is 0 Å². The van der Waals surface area contributed by atoms with E-state index in [1.165, 1.54) is 6.20 Å². The molecule has 3 amide bonds. The lowest BCUT2D eigenvalue weighted by Crippen LogP contribution is -2.50. The number of aromatic nitrogens is 1. The van der Waals surface area contributed by atoms with Crippen LogP contribution in [0.1, 0.15) is 66.7 Å². The number of benzene rings is 1. The molecule has 3 N–H and O–H groups in total. The zero-order chi connectivity index (χ0) is 27.2. The van der Waals surface area contributed by atoms with E-state index in [1.54, 1.807) is 54.6 Å². The van der Waals surface area contributed by atoms with E-state index in [2.05, 4.69) is 24.1 Å². The van der Waals surface area contributed by atoms with Gasteiger partial charge in [0.2, 0.25) is 5.91 Å². The minimum Gasteiger partial charge on any atom is -0.497 e. The van der Waals surface area contributed by atoms with Gasteiger partial charge in [0.05, 0.1) is 18.7 Å². The smallest absolute Gasteiger partial charge is 0.256 e. The Bertz CT molecular complexity index is 1100. The summed E-state index contributed by atoms with van der Waals surface area (Å²) < 4.78 is 5.24. The van der Waals surface area contributed by atoms with Crippen molar-refractivity contribution in [3.63, 3.8) is 0 Å². The first-order valence-corrected chi connectivity index (χ1v) is 13.5. The van der Waals surface area contributed by atoms with Crippen LogP contribution in [0.3, 0.4) is 0 Å². The molecule has 1 saturated heterocycles. The molecule has 9 heteroatoms. The Labute approximate surface area is 224 Å². The SMILES string of the molecule is COc1ccc(C(=O)N(CC(C)C)C2CC(C(=O)NC3CCC(N)CC3)N(C(=O)c3cccnc3)C2)cc1. The van der Waals surface area contributed by atoms with Crippen molar-refractivity contribution >= 4 is 17.7 Å². The highest BCUT2D eigenvalue weighted by molar-refractivity contribution is 5.98. The van der Waals surface area contributed by atoms with E-state index < -0.39 is 6.04 Å². The topological polar surface area (TPSA) is 118 Å². The summed E-state index contributed by atoms with van der Waals surface area (Å²) in [5.41, 5.74) is 7.01. The molecule has 2 unspecified atom stereocenters. The molecule has 38 heavy (non-hydrogen) atoms. The Morgan fingerprint density at radius 2 is 1.82 bits per heavy atom. The van der Waals surface area contributed by atoms with Gasteiger partial charge in [-0.15, -0.1) is 0 Å². The third-order valence-corrected chi connectivity index (χ3v) is 7.47. The van der Waals surface area contributed by atoms with Gasteiger partial charge in [0.1, 0.15) is 11.8 Å². The van der Waals surface area contributed by atoms with Crippen molar-refractivity contribution < 1.29 is 19.1 Å². The Kier molecular flexibility index (Phi) is 8.99. The van der Waals surface area contributed by atoms with Crippen molar-refractivity contribution in [1.82, 2.24) is 20.1 Å². The Hall–Kier alpha value is -3.46. The fourth-order valence-corrected chi connectivity index (χ4v) is 5.42. The molecule has 9 nitrogen and oxygen atoms in total. The van der Waals surface area contributed by atoms with E-state index in [0.717, 1.165) is 25.7 Å². The Morgan fingerprint density at radius 1 is 1.11 bits per heavy atom. The number of nitrogens with two attached hydrogens (primary N) is 1. The highest BCUT2D eigenvalue weighted by Gasteiger charge is 2.44. The minimum absolute atomic E-state index is 0.0457. The molecule has 1 aromatic carbocycles. The number of ether oxygens (including phenoxy) is 1. The lowest BCUT2D eigenvalue weighted by atomic mass is 9.91. The standard InChI is InChI=1S/C29H39N5O4/c1-19(2)17-33(28(36)20-6-12-25(38-3)13-7-20)24-15-26(27(35)32-23-10-8-22(30)9-11-23)34(18-24)29(37)21-5-4-14-31-16-21/h4-7,12-14,16,19,22-24,26H,8-11,15,17-18,30H2,1-3H3,(H,32,35). The average Bonchev–Trinajstić information content (AvgIpc) is 3.38. The molecule has 1 aliphatic carbocycles. The Morgan fingerprint density at radius 3 is 2.42 bits per heavy atom. The van der Waals surface area contributed by atoms with Crippen LogP contribution in [0.25, 0.3) is 0 Å². The van der Waals surface area contributed by atoms with Crippen molar-refractivity contribution in [2.24, 2.45) is 11.7 Å². The molecular formula is C29H39N5O4. The molecule has 2 aromatic rings. The normalized spacial score (nSPS) is 23.2. The second-order valence-electron chi connectivity index (χ2n) is 10.8. The monoisotopic (exact) mass is 521 g/mol. The third kappa shape index (κ3) is 6.51. The van der Waals surface area contributed by atoms with Crippen molar-refractivity contribution in [3.05, 3.63) is 59.9 Å². The second-order valence-corrected chi connectivity index (χ2v) is 10.8. The van der Waals surface area contributed by atoms with Gasteiger partial charge in [-0.1, -0.05) is 13.8 Å². The summed E-state index contributed by atoms with van der Waals surface area (Å²) in [6, 6.07) is 9.68. The van der Waals surface area contributed by atoms with Crippen LogP contribution in [0, 0.1) is 5.92 Å². The van der Waals surface area contributed by atoms with Gasteiger partial charge in [0.25, 0.3) is 11.8 Å². The van der Waals surface area contributed by atoms with Gasteiger partial charge in [-0.2, -0.15) is 0 Å². The van der Waals surface area contributed by atoms with E-state index in [0.29, 0.717) is 29.8 Å². The first-order chi connectivity index (χ1) is 18.3. The predicted octanol–water partition coefficient (Wildman–Crippen LogP) is 2.86. The molecule has 1 aromatic heterocycles. The van der Waals surface area contributed by atoms with Crippen molar-refractivity contribution in [1.29, 1.82) is 0 Å². The van der Waals surface area contributed by atoms with Crippen LogP contribution in [0.2, 0.25) is 0 Å². The van der Waals surface area contributed by atoms with Crippen LogP contribution in [0.4, 0.5) is 0 Å². The number of carbonyl (C=O) groups excluding carboxylic acids is 3. The van der Waals surface area contributed by atoms with Crippen LogP contribution in [0.15, 0.2) is 48.8 Å². The molecular weight excluding hydrogens is 482 g/mol. The van der Waals surface area contributed by atoms with Gasteiger partial charge in [0.15, 0.2) is 0 Å². The number of likely N-dealkylation sites (tertiary alicyclic amines) is 1. The molecule has 2 aliphatic rings. The van der Waals surface area contributed by atoms with Crippen LogP contribution in [-0.4, -0.2) is 76.9 Å². The molecule has 1 aliphatic heterocycles. The maximum Gasteiger partial charge on any atom is 0.256 e. The lowest BCUT2D eigenvalue weighted by Gasteiger charge is -2.31. The van der Waals surface area contributed by atoms with Crippen LogP contribution < -0.4 is 15.8 Å². The quantitative estimate of drug-likeness (QED) is 0.552. The van der Waals surface area contributed by atoms with Gasteiger partial charge >= 0.3 is 0 Å². The summed E-state index contributed by atoms with van der Waals surface area (Å²) >= 11 is 0. The molecule has 1 saturated carbocycles. The van der Waals surface area contributed by atoms with Gasteiger partial charge < -0.3 is 25.6 Å². The zero-order valence-electron chi connectivity index (χ0n) is 22.5. The van der Waals surface area contributed by atoms with Gasteiger partial charge in [0, 0.05) is 43.1 Å². The molecule has 0 radical (unpaired) electrons. The summed E-state index contributed by atoms with van der Waals surface area (Å²) in [4.78, 5) is 48.4. The average molecular weight is 522 g/mol. The second kappa shape index (κ2) is 12.4. The van der Waals surface area contributed by atoms with Crippen molar-refractivity contribution in [2.75, 3.05) is 20.2 Å². The van der Waals surface area contributed by atoms with Gasteiger partial charge in [-0.05, 0) is 74.4 Å². The van der Waals surface area contributed by atoms with E-state index in [1.807, 2.05) is 4.90 Å². The lowest BCUT2D eigenvalue weighted by molar-refractivity contribution is -0.125. The van der Waals surface area contributed by atoms with Crippen molar-refractivity contribution in [3.8, 4) is 5.75 Å². The first kappa shape index (κ1) is 27.6. The number of amides is 3. The predicted molar refractivity (Wildman–Crippen MR) is 145 cm³/mol. The molecule has 2 atom stereocenters. The maximum absolute atomic E-state index is 13.7. The van der Waals surface area contributed by atoms with E-state index in [4.69, 9.17) is 10.5 Å². The van der Waals surface area contributed by atoms with Crippen molar-refractivity contribution in [2.45, 2.75) is 70.1 Å². The minimum atomic E-state index is -0.679. The third-order valence-electron chi connectivity index (χ3n) is 7.47. The molecule has 2 fully saturated rings. The van der Waals surface area contributed by atoms with E-state index in [-0.39, 0.29) is 48.3 Å². The molecule has 0 spiro atoms. The number of pyridine rings is 1. The number of nitrogens with zero attached hydrogens (tertiary/aromatic N) is 3. The number of nitrogens with one attached hydrogen (secondary N) is 1. The highest BCUT2D eigenvalue weighted by Crippen LogP contribution is 2.28. The molecule has 204 valence electrons. The summed E-state index contributed by atoms with van der Waals surface area (Å²) in [5.74, 6) is 0.326. The summed E-state index contributed by atoms with van der Waals surface area (Å²) in [7, 11) is 1.58. The largest absolute Gasteiger partial charge is 0.497 e. The number of hydrogen-bond acceptors (Lipinski definition) is 6. The molecule has 4 rings (SSSR count). The summed E-state index contributed by atoms with van der Waals surface area (Å²) in [6.45, 7) is 4.90. The van der Waals surface area contributed by atoms with Crippen LogP contribution in [-0.2, 0) is 4.79 Å². The Balaban J connectivity index is 1.59. The van der Waals surface area contributed by atoms with E-state index in [9.17, 15) is 14.4 Å². The molecule has 2 heterocycles. The number of methoxy groups -OCH3 is 1. The number of rotatable bonds is 8. The maximum atomic E-state index is 13.7. The number of carbonyl (C=O) groups is 3. The van der Waals surface area contributed by atoms with E-state index >= 15 is 0 Å². The van der Waals surface area contributed by atoms with Crippen LogP contribution >= 0.6 is 0 Å². The zero-order valence-corrected chi connectivity index (χ0v) is 22.5. The number of hydrogen-bond donors (Lipinski definition) is 2. The van der Waals surface area contributed by atoms with Gasteiger partial charge in [-0.3, -0.25) is 19.4 Å². The first-order valence-electron chi connectivity index (χ1n) is 13.5. The fourth-order valence-electron chi connectivity index (χ4n) is 5.42. The highest BCUT2D eigenvalue weighted by atomic mass is 16.5. The molecule has 0 bridgehead atoms. The summed E-state index contributed by atoms with van der Waals surface area (Å²) in [5, 5.41) is 3.17. The van der Waals surface area contributed by atoms with Crippen LogP contribution in [0.5, 0.6) is 5.75 Å². The summed E-state index contributed by atoms with van der Waals surface area (Å²) in [6.07, 6.45) is 6.90.